The average Bonchev–Trinajstić information content (AvgIpc) is 3.02. The Bertz CT molecular complexity index is 1180. The second kappa shape index (κ2) is 9.47. The van der Waals surface area contributed by atoms with Crippen LogP contribution in [-0.2, 0) is 9.59 Å². The molecule has 8 heteroatoms. The van der Waals surface area contributed by atoms with Crippen LogP contribution in [0.4, 0.5) is 16.2 Å². The van der Waals surface area contributed by atoms with Gasteiger partial charge in [0.15, 0.2) is 0 Å². The fourth-order valence-corrected chi connectivity index (χ4v) is 5.83. The van der Waals surface area contributed by atoms with Crippen LogP contribution in [-0.4, -0.2) is 40.6 Å². The number of imide groups is 1. The van der Waals surface area contributed by atoms with Crippen LogP contribution < -0.4 is 10.2 Å². The van der Waals surface area contributed by atoms with Gasteiger partial charge < -0.3 is 10.2 Å². The Labute approximate surface area is 209 Å². The second-order valence-corrected chi connectivity index (χ2v) is 10.7. The molecule has 0 aliphatic carbocycles. The highest BCUT2D eigenvalue weighted by molar-refractivity contribution is 8.18. The molecule has 1 atom stereocenters. The zero-order valence-corrected chi connectivity index (χ0v) is 21.3. The van der Waals surface area contributed by atoms with Crippen molar-refractivity contribution in [2.24, 2.45) is 0 Å². The van der Waals surface area contributed by atoms with Gasteiger partial charge >= 0.3 is 0 Å². The summed E-state index contributed by atoms with van der Waals surface area (Å²) in [4.78, 5) is 41.5. The molecule has 178 valence electrons. The number of carbonyl (C=O) groups excluding carboxylic acids is 3. The highest BCUT2D eigenvalue weighted by atomic mass is 35.5. The minimum Gasteiger partial charge on any atom is -0.366 e. The molecule has 0 aromatic heterocycles. The predicted molar refractivity (Wildman–Crippen MR) is 139 cm³/mol. The van der Waals surface area contributed by atoms with Crippen LogP contribution in [0.5, 0.6) is 0 Å². The maximum Gasteiger partial charge on any atom is 0.294 e. The van der Waals surface area contributed by atoms with E-state index in [0.717, 1.165) is 35.2 Å². The summed E-state index contributed by atoms with van der Waals surface area (Å²) in [6.45, 7) is 9.50. The molecular formula is C26H28ClN3O3S. The first-order chi connectivity index (χ1) is 16.1. The third-order valence-electron chi connectivity index (χ3n) is 6.33. The van der Waals surface area contributed by atoms with E-state index in [1.807, 2.05) is 6.07 Å². The summed E-state index contributed by atoms with van der Waals surface area (Å²) in [6, 6.07) is 12.8. The molecule has 2 heterocycles. The summed E-state index contributed by atoms with van der Waals surface area (Å²) in [5, 5.41) is 2.78. The Kier molecular flexibility index (Phi) is 6.78. The Balaban J connectivity index is 1.50. The molecule has 2 aliphatic heterocycles. The Morgan fingerprint density at radius 1 is 1.21 bits per heavy atom. The van der Waals surface area contributed by atoms with Crippen LogP contribution in [0.3, 0.4) is 0 Å². The lowest BCUT2D eigenvalue weighted by Gasteiger charge is -2.47. The molecule has 2 aromatic carbocycles. The molecule has 1 saturated heterocycles. The van der Waals surface area contributed by atoms with Crippen molar-refractivity contribution in [1.82, 2.24) is 4.90 Å². The van der Waals surface area contributed by atoms with Crippen molar-refractivity contribution in [3.8, 4) is 0 Å². The molecule has 4 rings (SSSR count). The van der Waals surface area contributed by atoms with Crippen molar-refractivity contribution in [2.75, 3.05) is 23.3 Å². The highest BCUT2D eigenvalue weighted by Crippen LogP contribution is 2.44. The second-order valence-electron chi connectivity index (χ2n) is 9.30. The van der Waals surface area contributed by atoms with Crippen LogP contribution >= 0.6 is 23.4 Å². The predicted octanol–water partition coefficient (Wildman–Crippen LogP) is 6.13. The number of halogens is 1. The van der Waals surface area contributed by atoms with Crippen LogP contribution in [0.15, 0.2) is 47.4 Å². The SMILES string of the molecule is CCN1c2ccc(/C=C3/SC(=O)N(CC(=O)Nc4ccc(Cl)cc4)C3=O)cc2C(C)CC1(C)C. The monoisotopic (exact) mass is 497 g/mol. The van der Waals surface area contributed by atoms with Gasteiger partial charge in [-0.3, -0.25) is 19.3 Å². The van der Waals surface area contributed by atoms with Crippen molar-refractivity contribution >= 4 is 57.9 Å². The van der Waals surface area contributed by atoms with Crippen LogP contribution in [0.2, 0.25) is 5.02 Å². The molecule has 3 amide bonds. The van der Waals surface area contributed by atoms with Crippen molar-refractivity contribution in [2.45, 2.75) is 45.6 Å². The number of hydrogen-bond acceptors (Lipinski definition) is 5. The summed E-state index contributed by atoms with van der Waals surface area (Å²) < 4.78 is 0. The third-order valence-corrected chi connectivity index (χ3v) is 7.49. The van der Waals surface area contributed by atoms with E-state index in [1.54, 1.807) is 30.3 Å². The Morgan fingerprint density at radius 3 is 2.59 bits per heavy atom. The van der Waals surface area contributed by atoms with Crippen LogP contribution in [0.25, 0.3) is 6.08 Å². The maximum absolute atomic E-state index is 12.9. The van der Waals surface area contributed by atoms with E-state index in [0.29, 0.717) is 21.5 Å². The van der Waals surface area contributed by atoms with Gasteiger partial charge in [0.2, 0.25) is 5.91 Å². The molecule has 0 spiro atoms. The van der Waals surface area contributed by atoms with E-state index in [1.165, 1.54) is 11.3 Å². The van der Waals surface area contributed by atoms with Gasteiger partial charge in [-0.25, -0.2) is 0 Å². The summed E-state index contributed by atoms with van der Waals surface area (Å²) in [5.41, 5.74) is 3.96. The number of carbonyl (C=O) groups is 3. The largest absolute Gasteiger partial charge is 0.366 e. The van der Waals surface area contributed by atoms with E-state index < -0.39 is 17.1 Å². The van der Waals surface area contributed by atoms with Gasteiger partial charge in [0, 0.05) is 28.5 Å². The summed E-state index contributed by atoms with van der Waals surface area (Å²) in [7, 11) is 0. The van der Waals surface area contributed by atoms with Crippen LogP contribution in [0.1, 0.15) is 51.2 Å². The maximum atomic E-state index is 12.9. The van der Waals surface area contributed by atoms with E-state index in [-0.39, 0.29) is 12.1 Å². The normalized spacial score (nSPS) is 20.6. The average molecular weight is 498 g/mol. The van der Waals surface area contributed by atoms with Gasteiger partial charge in [-0.05, 0) is 98.5 Å². The highest BCUT2D eigenvalue weighted by Gasteiger charge is 2.37. The van der Waals surface area contributed by atoms with Crippen molar-refractivity contribution < 1.29 is 14.4 Å². The molecular weight excluding hydrogens is 470 g/mol. The zero-order chi connectivity index (χ0) is 24.6. The van der Waals surface area contributed by atoms with Gasteiger partial charge in [0.25, 0.3) is 11.1 Å². The number of benzene rings is 2. The van der Waals surface area contributed by atoms with Gasteiger partial charge in [-0.1, -0.05) is 24.6 Å². The van der Waals surface area contributed by atoms with Gasteiger partial charge in [0.1, 0.15) is 6.54 Å². The smallest absolute Gasteiger partial charge is 0.294 e. The molecule has 0 saturated carbocycles. The third kappa shape index (κ3) is 4.86. The van der Waals surface area contributed by atoms with Crippen molar-refractivity contribution in [1.29, 1.82) is 0 Å². The number of amides is 3. The molecule has 1 N–H and O–H groups in total. The minimum atomic E-state index is -0.455. The lowest BCUT2D eigenvalue weighted by atomic mass is 9.79. The standard InChI is InChI=1S/C26H28ClN3O3S/c1-5-30-21-11-6-17(12-20(21)16(2)14-26(30,3)4)13-22-24(32)29(25(33)34-22)15-23(31)28-19-9-7-18(27)8-10-19/h6-13,16H,5,14-15H2,1-4H3,(H,28,31)/b22-13+. The lowest BCUT2D eigenvalue weighted by molar-refractivity contribution is -0.127. The minimum absolute atomic E-state index is 0.0813. The number of thioether (sulfide) groups is 1. The number of fused-ring (bicyclic) bond motifs is 1. The van der Waals surface area contributed by atoms with E-state index >= 15 is 0 Å². The molecule has 1 fully saturated rings. The fourth-order valence-electron chi connectivity index (χ4n) is 4.86. The van der Waals surface area contributed by atoms with Crippen molar-refractivity contribution in [3.63, 3.8) is 0 Å². The first kappa shape index (κ1) is 24.4. The van der Waals surface area contributed by atoms with E-state index in [9.17, 15) is 14.4 Å². The number of nitrogens with one attached hydrogen (secondary N) is 1. The van der Waals surface area contributed by atoms with Crippen molar-refractivity contribution in [3.05, 3.63) is 63.5 Å². The molecule has 2 aliphatic rings. The summed E-state index contributed by atoms with van der Waals surface area (Å²) in [6.07, 6.45) is 2.78. The lowest BCUT2D eigenvalue weighted by Crippen LogP contribution is -2.48. The molecule has 6 nitrogen and oxygen atoms in total. The molecule has 0 bridgehead atoms. The number of anilines is 2. The topological polar surface area (TPSA) is 69.7 Å². The number of nitrogens with zero attached hydrogens (tertiary/aromatic N) is 2. The summed E-state index contributed by atoms with van der Waals surface area (Å²) in [5.74, 6) is -0.521. The quantitative estimate of drug-likeness (QED) is 0.503. The van der Waals surface area contributed by atoms with Crippen LogP contribution in [0, 0.1) is 0 Å². The molecule has 2 aromatic rings. The fraction of sp³-hybridized carbons (Fsp3) is 0.346. The zero-order valence-electron chi connectivity index (χ0n) is 19.7. The number of hydrogen-bond donors (Lipinski definition) is 1. The molecule has 0 radical (unpaired) electrons. The number of rotatable bonds is 5. The van der Waals surface area contributed by atoms with E-state index in [4.69, 9.17) is 11.6 Å². The Hall–Kier alpha value is -2.77. The van der Waals surface area contributed by atoms with Gasteiger partial charge in [-0.2, -0.15) is 0 Å². The Morgan fingerprint density at radius 2 is 1.91 bits per heavy atom. The van der Waals surface area contributed by atoms with E-state index in [2.05, 4.69) is 50.0 Å². The first-order valence-corrected chi connectivity index (χ1v) is 12.5. The first-order valence-electron chi connectivity index (χ1n) is 11.3. The molecule has 34 heavy (non-hydrogen) atoms. The van der Waals surface area contributed by atoms with Gasteiger partial charge in [-0.15, -0.1) is 0 Å². The summed E-state index contributed by atoms with van der Waals surface area (Å²) >= 11 is 6.72. The van der Waals surface area contributed by atoms with Gasteiger partial charge in [0.05, 0.1) is 4.91 Å². The molecule has 1 unspecified atom stereocenters.